The van der Waals surface area contributed by atoms with Gasteiger partial charge in [0.2, 0.25) is 20.9 Å². The van der Waals surface area contributed by atoms with Crippen LogP contribution in [-0.2, 0) is 14.6 Å². The van der Waals surface area contributed by atoms with Crippen molar-refractivity contribution in [3.63, 3.8) is 0 Å². The van der Waals surface area contributed by atoms with Crippen LogP contribution in [0.3, 0.4) is 0 Å². The van der Waals surface area contributed by atoms with Crippen molar-refractivity contribution in [3.05, 3.63) is 58.3 Å². The molecule has 8 nitrogen and oxygen atoms in total. The number of nitrogens with zero attached hydrogens (tertiary/aromatic N) is 2. The van der Waals surface area contributed by atoms with Gasteiger partial charge in [0, 0.05) is 22.6 Å². The third-order valence-electron chi connectivity index (χ3n) is 3.93. The minimum absolute atomic E-state index is 0.0614. The zero-order valence-electron chi connectivity index (χ0n) is 15.1. The fourth-order valence-electron chi connectivity index (χ4n) is 2.64. The molecule has 2 aromatic heterocycles. The third kappa shape index (κ3) is 4.23. The first-order chi connectivity index (χ1) is 13.2. The van der Waals surface area contributed by atoms with Crippen LogP contribution in [-0.4, -0.2) is 42.4 Å². The van der Waals surface area contributed by atoms with E-state index in [1.54, 1.807) is 30.3 Å². The molecule has 2 N–H and O–H groups in total. The van der Waals surface area contributed by atoms with Gasteiger partial charge in [-0.1, -0.05) is 22.0 Å². The molecule has 0 fully saturated rings. The van der Waals surface area contributed by atoms with Crippen molar-refractivity contribution >= 4 is 48.8 Å². The molecule has 3 rings (SSSR count). The molecule has 10 heteroatoms. The second-order valence-electron chi connectivity index (χ2n) is 6.16. The lowest BCUT2D eigenvalue weighted by atomic mass is 10.2. The molecule has 0 radical (unpaired) electrons. The zero-order valence-corrected chi connectivity index (χ0v) is 17.5. The van der Waals surface area contributed by atoms with Gasteiger partial charge in [-0.15, -0.1) is 0 Å². The lowest BCUT2D eigenvalue weighted by Crippen LogP contribution is -2.33. The number of imidazole rings is 1. The van der Waals surface area contributed by atoms with Gasteiger partial charge in [0.25, 0.3) is 5.91 Å². The van der Waals surface area contributed by atoms with E-state index in [0.29, 0.717) is 11.2 Å². The molecule has 3 aromatic rings. The van der Waals surface area contributed by atoms with Crippen LogP contribution < -0.4 is 10.6 Å². The predicted octanol–water partition coefficient (Wildman–Crippen LogP) is 2.18. The molecule has 0 saturated carbocycles. The zero-order chi connectivity index (χ0) is 20.5. The quantitative estimate of drug-likeness (QED) is 0.601. The summed E-state index contributed by atoms with van der Waals surface area (Å²) in [5, 5.41) is 4.96. The van der Waals surface area contributed by atoms with Crippen LogP contribution in [0.4, 0.5) is 5.69 Å². The van der Waals surface area contributed by atoms with Crippen LogP contribution in [0.25, 0.3) is 5.52 Å². The normalized spacial score (nSPS) is 11.4. The van der Waals surface area contributed by atoms with Crippen molar-refractivity contribution in [2.75, 3.05) is 18.1 Å². The number of rotatable bonds is 5. The van der Waals surface area contributed by atoms with Gasteiger partial charge < -0.3 is 10.6 Å². The molecule has 28 heavy (non-hydrogen) atoms. The second kappa shape index (κ2) is 7.72. The molecule has 2 amide bonds. The summed E-state index contributed by atoms with van der Waals surface area (Å²) in [6, 6.07) is 10.3. The van der Waals surface area contributed by atoms with Crippen molar-refractivity contribution in [1.29, 1.82) is 0 Å². The summed E-state index contributed by atoms with van der Waals surface area (Å²) in [5.74, 6) is -1.05. The molecular weight excluding hydrogens is 448 g/mol. The summed E-state index contributed by atoms with van der Waals surface area (Å²) in [6.07, 6.45) is 2.53. The number of benzene rings is 1. The Bertz CT molecular complexity index is 1190. The number of pyridine rings is 1. The van der Waals surface area contributed by atoms with E-state index in [2.05, 4.69) is 31.5 Å². The summed E-state index contributed by atoms with van der Waals surface area (Å²) in [7, 11) is -3.63. The number of carbonyl (C=O) groups is 2. The molecule has 0 atom stereocenters. The van der Waals surface area contributed by atoms with Crippen LogP contribution in [0.2, 0.25) is 0 Å². The number of anilines is 1. The van der Waals surface area contributed by atoms with E-state index in [0.717, 1.165) is 16.3 Å². The number of sulfone groups is 1. The summed E-state index contributed by atoms with van der Waals surface area (Å²) >= 11 is 3.35. The summed E-state index contributed by atoms with van der Waals surface area (Å²) in [5.41, 5.74) is 1.78. The van der Waals surface area contributed by atoms with Crippen LogP contribution in [0.5, 0.6) is 0 Å². The standard InChI is InChI=1S/C18H17BrN4O4S/c1-11-9-12(19)6-7-13(11)21-15(24)10-20-17(25)16-14-5-3-4-8-23(14)18(22-16)28(2,26)27/h3-9H,10H2,1-2H3,(H,20,25)(H,21,24). The number of fused-ring (bicyclic) bond motifs is 1. The fraction of sp³-hybridized carbons (Fsp3) is 0.167. The van der Waals surface area contributed by atoms with E-state index >= 15 is 0 Å². The Kier molecular flexibility index (Phi) is 5.52. The van der Waals surface area contributed by atoms with Gasteiger partial charge in [-0.05, 0) is 42.8 Å². The van der Waals surface area contributed by atoms with E-state index < -0.39 is 21.7 Å². The molecule has 0 saturated heterocycles. The Morgan fingerprint density at radius 3 is 2.64 bits per heavy atom. The van der Waals surface area contributed by atoms with Crippen molar-refractivity contribution in [2.45, 2.75) is 12.1 Å². The molecule has 0 bridgehead atoms. The maximum Gasteiger partial charge on any atom is 0.272 e. The van der Waals surface area contributed by atoms with Crippen LogP contribution in [0.1, 0.15) is 16.1 Å². The number of aryl methyl sites for hydroxylation is 1. The van der Waals surface area contributed by atoms with Gasteiger partial charge in [-0.3, -0.25) is 14.0 Å². The largest absolute Gasteiger partial charge is 0.342 e. The lowest BCUT2D eigenvalue weighted by molar-refractivity contribution is -0.115. The predicted molar refractivity (Wildman–Crippen MR) is 108 cm³/mol. The SMILES string of the molecule is Cc1cc(Br)ccc1NC(=O)CNC(=O)c1nc(S(C)(=O)=O)n2ccccc12. The van der Waals surface area contributed by atoms with Gasteiger partial charge in [-0.2, -0.15) is 0 Å². The van der Waals surface area contributed by atoms with Crippen LogP contribution in [0, 0.1) is 6.92 Å². The monoisotopic (exact) mass is 464 g/mol. The van der Waals surface area contributed by atoms with Crippen molar-refractivity contribution in [2.24, 2.45) is 0 Å². The third-order valence-corrected chi connectivity index (χ3v) is 5.38. The highest BCUT2D eigenvalue weighted by Crippen LogP contribution is 2.20. The van der Waals surface area contributed by atoms with E-state index in [1.807, 2.05) is 13.0 Å². The van der Waals surface area contributed by atoms with Gasteiger partial charge >= 0.3 is 0 Å². The number of aromatic nitrogens is 2. The van der Waals surface area contributed by atoms with Gasteiger partial charge in [0.05, 0.1) is 12.1 Å². The topological polar surface area (TPSA) is 110 Å². The van der Waals surface area contributed by atoms with Crippen molar-refractivity contribution in [1.82, 2.24) is 14.7 Å². The minimum atomic E-state index is -3.63. The Balaban J connectivity index is 1.76. The summed E-state index contributed by atoms with van der Waals surface area (Å²) < 4.78 is 26.1. The minimum Gasteiger partial charge on any atom is -0.342 e. The first-order valence-electron chi connectivity index (χ1n) is 8.18. The molecule has 0 aliphatic rings. The Morgan fingerprint density at radius 1 is 1.21 bits per heavy atom. The van der Waals surface area contributed by atoms with E-state index in [9.17, 15) is 18.0 Å². The number of amides is 2. The Morgan fingerprint density at radius 2 is 1.96 bits per heavy atom. The van der Waals surface area contributed by atoms with Crippen LogP contribution in [0.15, 0.2) is 52.2 Å². The molecule has 0 aliphatic carbocycles. The number of halogens is 1. The van der Waals surface area contributed by atoms with Crippen LogP contribution >= 0.6 is 15.9 Å². The molecule has 0 aliphatic heterocycles. The highest BCUT2D eigenvalue weighted by Gasteiger charge is 2.23. The summed E-state index contributed by atoms with van der Waals surface area (Å²) in [4.78, 5) is 28.6. The van der Waals surface area contributed by atoms with E-state index in [4.69, 9.17) is 0 Å². The molecule has 1 aromatic carbocycles. The maximum atomic E-state index is 12.5. The second-order valence-corrected chi connectivity index (χ2v) is 8.99. The molecule has 0 unspecified atom stereocenters. The number of nitrogens with one attached hydrogen (secondary N) is 2. The number of hydrogen-bond donors (Lipinski definition) is 2. The smallest absolute Gasteiger partial charge is 0.272 e. The van der Waals surface area contributed by atoms with Crippen molar-refractivity contribution in [3.8, 4) is 0 Å². The first kappa shape index (κ1) is 20.0. The summed E-state index contributed by atoms with van der Waals surface area (Å²) in [6.45, 7) is 1.57. The molecular formula is C18H17BrN4O4S. The number of hydrogen-bond acceptors (Lipinski definition) is 5. The number of carbonyl (C=O) groups excluding carboxylic acids is 2. The van der Waals surface area contributed by atoms with E-state index in [1.165, 1.54) is 10.6 Å². The van der Waals surface area contributed by atoms with E-state index in [-0.39, 0.29) is 17.4 Å². The van der Waals surface area contributed by atoms with Gasteiger partial charge in [-0.25, -0.2) is 13.4 Å². The average Bonchev–Trinajstić information content (AvgIpc) is 3.02. The average molecular weight is 465 g/mol. The highest BCUT2D eigenvalue weighted by atomic mass is 79.9. The Labute approximate surface area is 170 Å². The van der Waals surface area contributed by atoms with Crippen molar-refractivity contribution < 1.29 is 18.0 Å². The molecule has 0 spiro atoms. The molecule has 2 heterocycles. The molecule has 146 valence electrons. The van der Waals surface area contributed by atoms with Gasteiger partial charge in [0.1, 0.15) is 0 Å². The maximum absolute atomic E-state index is 12.5. The highest BCUT2D eigenvalue weighted by molar-refractivity contribution is 9.10. The Hall–Kier alpha value is -2.72. The van der Waals surface area contributed by atoms with Gasteiger partial charge in [0.15, 0.2) is 5.69 Å². The lowest BCUT2D eigenvalue weighted by Gasteiger charge is -2.09. The fourth-order valence-corrected chi connectivity index (χ4v) is 3.89. The first-order valence-corrected chi connectivity index (χ1v) is 10.9.